The molecule has 0 amide bonds. The van der Waals surface area contributed by atoms with Gasteiger partial charge in [-0.05, 0) is 20.2 Å². The zero-order chi connectivity index (χ0) is 9.84. The van der Waals surface area contributed by atoms with Gasteiger partial charge in [-0.25, -0.2) is 4.39 Å². The average Bonchev–Trinajstić information content (AvgIpc) is 2.09. The molecule has 1 aromatic rings. The largest absolute Gasteiger partial charge is 0.301 e. The topological polar surface area (TPSA) is 3.24 Å². The van der Waals surface area contributed by atoms with E-state index < -0.39 is 0 Å². The first-order chi connectivity index (χ1) is 6.16. The Labute approximate surface area is 83.1 Å². The predicted octanol–water partition coefficient (Wildman–Crippen LogP) is 2.67. The summed E-state index contributed by atoms with van der Waals surface area (Å²) < 4.78 is 13.3. The van der Waals surface area contributed by atoms with Crippen LogP contribution in [0.2, 0.25) is 0 Å². The smallest absolute Gasteiger partial charge is 0.128 e. The van der Waals surface area contributed by atoms with Crippen LogP contribution in [-0.4, -0.2) is 24.9 Å². The van der Waals surface area contributed by atoms with Crippen molar-refractivity contribution in [3.05, 3.63) is 35.6 Å². The molecule has 0 saturated heterocycles. The van der Waals surface area contributed by atoms with Crippen molar-refractivity contribution in [3.8, 4) is 0 Å². The zero-order valence-electron chi connectivity index (χ0n) is 7.80. The van der Waals surface area contributed by atoms with Gasteiger partial charge >= 0.3 is 0 Å². The highest BCUT2D eigenvalue weighted by Gasteiger charge is 2.15. The van der Waals surface area contributed by atoms with Gasteiger partial charge in [-0.1, -0.05) is 18.2 Å². The lowest BCUT2D eigenvalue weighted by molar-refractivity contribution is 0.316. The second kappa shape index (κ2) is 4.58. The molecule has 0 aromatic heterocycles. The van der Waals surface area contributed by atoms with E-state index in [1.165, 1.54) is 6.07 Å². The van der Waals surface area contributed by atoms with E-state index in [9.17, 15) is 4.39 Å². The van der Waals surface area contributed by atoms with Crippen LogP contribution in [0.1, 0.15) is 11.6 Å². The summed E-state index contributed by atoms with van der Waals surface area (Å²) >= 11 is 5.76. The Morgan fingerprint density at radius 1 is 1.38 bits per heavy atom. The molecule has 1 unspecified atom stereocenters. The Bertz CT molecular complexity index is 275. The number of hydrogen-bond acceptors (Lipinski definition) is 1. The minimum absolute atomic E-state index is 0.0529. The van der Waals surface area contributed by atoms with Gasteiger partial charge in [-0.2, -0.15) is 0 Å². The third-order valence-corrected chi connectivity index (χ3v) is 2.33. The van der Waals surface area contributed by atoms with Crippen molar-refractivity contribution >= 4 is 11.6 Å². The standard InChI is InChI=1S/C10H13ClFN/c1-13(2)10(7-11)8-5-3-4-6-9(8)12/h3-6,10H,7H2,1-2H3. The summed E-state index contributed by atoms with van der Waals surface area (Å²) in [5, 5.41) is 0. The molecule has 3 heteroatoms. The third-order valence-electron chi connectivity index (χ3n) is 2.03. The van der Waals surface area contributed by atoms with Gasteiger partial charge in [0.1, 0.15) is 5.82 Å². The van der Waals surface area contributed by atoms with Crippen molar-refractivity contribution in [1.82, 2.24) is 4.90 Å². The summed E-state index contributed by atoms with van der Waals surface area (Å²) in [6.45, 7) is 0. The summed E-state index contributed by atoms with van der Waals surface area (Å²) in [6.07, 6.45) is 0. The maximum absolute atomic E-state index is 13.3. The normalized spacial score (nSPS) is 13.3. The fraction of sp³-hybridized carbons (Fsp3) is 0.400. The van der Waals surface area contributed by atoms with E-state index in [1.54, 1.807) is 12.1 Å². The van der Waals surface area contributed by atoms with Crippen LogP contribution in [0.4, 0.5) is 4.39 Å². The Kier molecular flexibility index (Phi) is 3.70. The molecular weight excluding hydrogens is 189 g/mol. The second-order valence-corrected chi connectivity index (χ2v) is 3.46. The molecule has 0 aliphatic rings. The first-order valence-electron chi connectivity index (χ1n) is 4.13. The molecule has 0 spiro atoms. The average molecular weight is 202 g/mol. The monoisotopic (exact) mass is 201 g/mol. The fourth-order valence-electron chi connectivity index (χ4n) is 1.24. The summed E-state index contributed by atoms with van der Waals surface area (Å²) in [7, 11) is 3.78. The van der Waals surface area contributed by atoms with E-state index in [-0.39, 0.29) is 11.9 Å². The van der Waals surface area contributed by atoms with Crippen LogP contribution < -0.4 is 0 Å². The lowest BCUT2D eigenvalue weighted by Gasteiger charge is -2.22. The van der Waals surface area contributed by atoms with Crippen LogP contribution in [0.25, 0.3) is 0 Å². The highest BCUT2D eigenvalue weighted by atomic mass is 35.5. The van der Waals surface area contributed by atoms with Crippen LogP contribution in [0, 0.1) is 5.82 Å². The molecular formula is C10H13ClFN. The summed E-state index contributed by atoms with van der Waals surface area (Å²) in [5.41, 5.74) is 0.655. The molecule has 0 fully saturated rings. The zero-order valence-corrected chi connectivity index (χ0v) is 8.55. The molecule has 13 heavy (non-hydrogen) atoms. The molecule has 72 valence electrons. The van der Waals surface area contributed by atoms with E-state index in [0.717, 1.165) is 0 Å². The number of rotatable bonds is 3. The Hall–Kier alpha value is -0.600. The van der Waals surface area contributed by atoms with Gasteiger partial charge in [-0.15, -0.1) is 11.6 Å². The number of hydrogen-bond donors (Lipinski definition) is 0. The molecule has 1 aromatic carbocycles. The van der Waals surface area contributed by atoms with Crippen LogP contribution in [0.3, 0.4) is 0 Å². The van der Waals surface area contributed by atoms with Gasteiger partial charge in [0.05, 0.1) is 6.04 Å². The highest BCUT2D eigenvalue weighted by molar-refractivity contribution is 6.18. The molecule has 0 heterocycles. The number of benzene rings is 1. The molecule has 1 nitrogen and oxygen atoms in total. The van der Waals surface area contributed by atoms with Gasteiger partial charge in [-0.3, -0.25) is 0 Å². The molecule has 0 aliphatic carbocycles. The van der Waals surface area contributed by atoms with Crippen molar-refractivity contribution in [3.63, 3.8) is 0 Å². The van der Waals surface area contributed by atoms with Crippen LogP contribution in [0.15, 0.2) is 24.3 Å². The van der Waals surface area contributed by atoms with Crippen molar-refractivity contribution in [2.75, 3.05) is 20.0 Å². The molecule has 0 saturated carbocycles. The molecule has 1 rings (SSSR count). The molecule has 0 bridgehead atoms. The van der Waals surface area contributed by atoms with Crippen molar-refractivity contribution in [2.45, 2.75) is 6.04 Å². The van der Waals surface area contributed by atoms with Gasteiger partial charge in [0.15, 0.2) is 0 Å². The maximum Gasteiger partial charge on any atom is 0.128 e. The van der Waals surface area contributed by atoms with Gasteiger partial charge in [0.25, 0.3) is 0 Å². The Balaban J connectivity index is 2.97. The number of alkyl halides is 1. The summed E-state index contributed by atoms with van der Waals surface area (Å²) in [4.78, 5) is 1.91. The van der Waals surface area contributed by atoms with Crippen molar-refractivity contribution in [1.29, 1.82) is 0 Å². The maximum atomic E-state index is 13.3. The van der Waals surface area contributed by atoms with E-state index in [2.05, 4.69) is 0 Å². The van der Waals surface area contributed by atoms with Gasteiger partial charge in [0.2, 0.25) is 0 Å². The summed E-state index contributed by atoms with van der Waals surface area (Å²) in [6, 6.07) is 6.67. The Morgan fingerprint density at radius 3 is 2.46 bits per heavy atom. The van der Waals surface area contributed by atoms with Crippen LogP contribution in [-0.2, 0) is 0 Å². The van der Waals surface area contributed by atoms with E-state index >= 15 is 0 Å². The van der Waals surface area contributed by atoms with Gasteiger partial charge in [0, 0.05) is 11.4 Å². The minimum Gasteiger partial charge on any atom is -0.301 e. The van der Waals surface area contributed by atoms with Crippen molar-refractivity contribution < 1.29 is 4.39 Å². The van der Waals surface area contributed by atoms with Crippen LogP contribution in [0.5, 0.6) is 0 Å². The second-order valence-electron chi connectivity index (χ2n) is 3.16. The minimum atomic E-state index is -0.193. The van der Waals surface area contributed by atoms with Crippen LogP contribution >= 0.6 is 11.6 Å². The molecule has 0 N–H and O–H groups in total. The van der Waals surface area contributed by atoms with E-state index in [1.807, 2.05) is 25.1 Å². The SMILES string of the molecule is CN(C)C(CCl)c1ccccc1F. The number of halogens is 2. The first kappa shape index (κ1) is 10.5. The third kappa shape index (κ3) is 2.42. The Morgan fingerprint density at radius 2 is 2.00 bits per heavy atom. The quantitative estimate of drug-likeness (QED) is 0.680. The van der Waals surface area contributed by atoms with E-state index in [0.29, 0.717) is 11.4 Å². The lowest BCUT2D eigenvalue weighted by atomic mass is 10.1. The fourth-order valence-corrected chi connectivity index (χ4v) is 1.69. The highest BCUT2D eigenvalue weighted by Crippen LogP contribution is 2.21. The molecule has 0 aliphatic heterocycles. The lowest BCUT2D eigenvalue weighted by Crippen LogP contribution is -2.22. The number of nitrogens with zero attached hydrogens (tertiary/aromatic N) is 1. The molecule has 1 atom stereocenters. The van der Waals surface area contributed by atoms with E-state index in [4.69, 9.17) is 11.6 Å². The predicted molar refractivity (Wildman–Crippen MR) is 53.5 cm³/mol. The van der Waals surface area contributed by atoms with Crippen molar-refractivity contribution in [2.24, 2.45) is 0 Å². The summed E-state index contributed by atoms with van der Waals surface area (Å²) in [5.74, 6) is 0.204. The van der Waals surface area contributed by atoms with Gasteiger partial charge < -0.3 is 4.90 Å². The first-order valence-corrected chi connectivity index (χ1v) is 4.67. The molecule has 0 radical (unpaired) electrons.